The summed E-state index contributed by atoms with van der Waals surface area (Å²) in [4.78, 5) is 30.5. The molecule has 1 aliphatic heterocycles. The van der Waals surface area contributed by atoms with E-state index in [2.05, 4.69) is 19.0 Å². The van der Waals surface area contributed by atoms with Crippen molar-refractivity contribution in [1.82, 2.24) is 15.0 Å². The van der Waals surface area contributed by atoms with E-state index in [0.717, 1.165) is 25.7 Å². The standard InChI is InChI=1S/C27H39N3O5/c1-5-29-15-9-6-10-16-30(26(31)14-13-22-18-25(33-4)28-35-22)21(17-20(2)3)19-34-24-12-8-7-11-23(24)27(29)32/h7-8,11-12,18,20-21H,5-6,9-10,13-17,19H2,1-4H3/t21-/m0/s1. The van der Waals surface area contributed by atoms with Gasteiger partial charge in [-0.1, -0.05) is 26.0 Å². The van der Waals surface area contributed by atoms with Gasteiger partial charge >= 0.3 is 0 Å². The molecule has 2 heterocycles. The highest BCUT2D eigenvalue weighted by Crippen LogP contribution is 2.24. The van der Waals surface area contributed by atoms with Gasteiger partial charge in [-0.3, -0.25) is 9.59 Å². The minimum atomic E-state index is -0.0852. The molecule has 0 unspecified atom stereocenters. The Morgan fingerprint density at radius 3 is 2.69 bits per heavy atom. The van der Waals surface area contributed by atoms with E-state index >= 15 is 0 Å². The number of para-hydroxylation sites is 1. The highest BCUT2D eigenvalue weighted by atomic mass is 16.5. The maximum Gasteiger partial charge on any atom is 0.257 e. The third-order valence-corrected chi connectivity index (χ3v) is 6.38. The smallest absolute Gasteiger partial charge is 0.257 e. The van der Waals surface area contributed by atoms with E-state index in [4.69, 9.17) is 14.0 Å². The predicted molar refractivity (Wildman–Crippen MR) is 134 cm³/mol. The number of methoxy groups -OCH3 is 1. The van der Waals surface area contributed by atoms with Crippen molar-refractivity contribution < 1.29 is 23.6 Å². The average molecular weight is 486 g/mol. The van der Waals surface area contributed by atoms with Crippen LogP contribution in [-0.4, -0.2) is 66.2 Å². The molecule has 1 aromatic carbocycles. The van der Waals surface area contributed by atoms with Crippen LogP contribution in [0.1, 0.15) is 69.0 Å². The van der Waals surface area contributed by atoms with Crippen LogP contribution in [-0.2, 0) is 11.2 Å². The van der Waals surface area contributed by atoms with Gasteiger partial charge in [-0.2, -0.15) is 0 Å². The topological polar surface area (TPSA) is 85.1 Å². The molecule has 0 N–H and O–H groups in total. The highest BCUT2D eigenvalue weighted by Gasteiger charge is 2.27. The molecule has 192 valence electrons. The summed E-state index contributed by atoms with van der Waals surface area (Å²) < 4.78 is 16.6. The third-order valence-electron chi connectivity index (χ3n) is 6.38. The molecule has 0 radical (unpaired) electrons. The second kappa shape index (κ2) is 13.2. The van der Waals surface area contributed by atoms with Crippen molar-refractivity contribution in [1.29, 1.82) is 0 Å². The van der Waals surface area contributed by atoms with Crippen LogP contribution in [0.25, 0.3) is 0 Å². The summed E-state index contributed by atoms with van der Waals surface area (Å²) in [6, 6.07) is 9.05. The lowest BCUT2D eigenvalue weighted by molar-refractivity contribution is -0.134. The summed E-state index contributed by atoms with van der Waals surface area (Å²) in [5.41, 5.74) is 0.578. The van der Waals surface area contributed by atoms with Gasteiger partial charge in [0.1, 0.15) is 18.1 Å². The number of hydrogen-bond acceptors (Lipinski definition) is 6. The van der Waals surface area contributed by atoms with Crippen molar-refractivity contribution in [3.05, 3.63) is 41.7 Å². The van der Waals surface area contributed by atoms with Gasteiger partial charge in [0, 0.05) is 38.5 Å². The number of carbonyl (C=O) groups is 2. The minimum absolute atomic E-state index is 0.00169. The maximum atomic E-state index is 13.4. The highest BCUT2D eigenvalue weighted by molar-refractivity contribution is 5.96. The van der Waals surface area contributed by atoms with E-state index in [0.29, 0.717) is 68.0 Å². The Kier molecular flexibility index (Phi) is 9.99. The van der Waals surface area contributed by atoms with E-state index in [1.165, 1.54) is 7.11 Å². The Morgan fingerprint density at radius 1 is 1.20 bits per heavy atom. The molecule has 1 aromatic heterocycles. The van der Waals surface area contributed by atoms with Crippen molar-refractivity contribution in [2.75, 3.05) is 33.4 Å². The summed E-state index contributed by atoms with van der Waals surface area (Å²) >= 11 is 0. The average Bonchev–Trinajstić information content (AvgIpc) is 3.32. The van der Waals surface area contributed by atoms with Gasteiger partial charge in [-0.15, -0.1) is 0 Å². The molecule has 0 spiro atoms. The summed E-state index contributed by atoms with van der Waals surface area (Å²) in [7, 11) is 1.54. The van der Waals surface area contributed by atoms with E-state index in [1.807, 2.05) is 41.0 Å². The molecule has 3 rings (SSSR count). The number of rotatable bonds is 7. The van der Waals surface area contributed by atoms with Crippen molar-refractivity contribution in [3.8, 4) is 11.6 Å². The first-order chi connectivity index (χ1) is 16.9. The molecule has 8 nitrogen and oxygen atoms in total. The number of ether oxygens (including phenoxy) is 2. The Bertz CT molecular complexity index is 958. The molecular weight excluding hydrogens is 446 g/mol. The number of nitrogens with zero attached hydrogens (tertiary/aromatic N) is 3. The van der Waals surface area contributed by atoms with Crippen LogP contribution in [0.3, 0.4) is 0 Å². The number of fused-ring (bicyclic) bond motifs is 1. The van der Waals surface area contributed by atoms with Gasteiger partial charge in [0.25, 0.3) is 11.8 Å². The van der Waals surface area contributed by atoms with Gasteiger partial charge in [0.05, 0.1) is 18.7 Å². The van der Waals surface area contributed by atoms with Crippen LogP contribution in [0.2, 0.25) is 0 Å². The molecule has 0 aliphatic carbocycles. The van der Waals surface area contributed by atoms with Crippen molar-refractivity contribution in [2.24, 2.45) is 5.92 Å². The third kappa shape index (κ3) is 7.47. The molecule has 0 saturated carbocycles. The molecule has 1 atom stereocenters. The molecule has 8 heteroatoms. The van der Waals surface area contributed by atoms with Crippen LogP contribution < -0.4 is 9.47 Å². The molecule has 35 heavy (non-hydrogen) atoms. The van der Waals surface area contributed by atoms with Crippen LogP contribution >= 0.6 is 0 Å². The van der Waals surface area contributed by atoms with E-state index in [-0.39, 0.29) is 17.9 Å². The number of benzene rings is 1. The first-order valence-corrected chi connectivity index (χ1v) is 12.7. The zero-order valence-electron chi connectivity index (χ0n) is 21.5. The number of carbonyl (C=O) groups excluding carboxylic acids is 2. The SMILES string of the molecule is CCN1CCCCCN(C(=O)CCc2cc(OC)no2)[C@@H](CC(C)C)COc2ccccc2C1=O. The fourth-order valence-corrected chi connectivity index (χ4v) is 4.51. The maximum absolute atomic E-state index is 13.4. The second-order valence-electron chi connectivity index (χ2n) is 9.46. The van der Waals surface area contributed by atoms with Crippen molar-refractivity contribution in [2.45, 2.75) is 65.3 Å². The van der Waals surface area contributed by atoms with E-state index < -0.39 is 0 Å². The summed E-state index contributed by atoms with van der Waals surface area (Å²) in [6.45, 7) is 8.67. The molecular formula is C27H39N3O5. The molecule has 0 fully saturated rings. The number of aryl methyl sites for hydroxylation is 1. The van der Waals surface area contributed by atoms with Crippen LogP contribution in [0.5, 0.6) is 11.6 Å². The second-order valence-corrected chi connectivity index (χ2v) is 9.46. The van der Waals surface area contributed by atoms with Crippen LogP contribution in [0, 0.1) is 5.92 Å². The summed E-state index contributed by atoms with van der Waals surface area (Å²) in [5, 5.41) is 3.82. The quantitative estimate of drug-likeness (QED) is 0.571. The van der Waals surface area contributed by atoms with Gasteiger partial charge in [-0.25, -0.2) is 0 Å². The van der Waals surface area contributed by atoms with Crippen LogP contribution in [0.4, 0.5) is 0 Å². The fraction of sp³-hybridized carbons (Fsp3) is 0.593. The molecule has 2 aromatic rings. The van der Waals surface area contributed by atoms with Crippen molar-refractivity contribution >= 4 is 11.8 Å². The summed E-state index contributed by atoms with van der Waals surface area (Å²) in [5.74, 6) is 2.08. The summed E-state index contributed by atoms with van der Waals surface area (Å²) in [6.07, 6.45) is 4.34. The van der Waals surface area contributed by atoms with Gasteiger partial charge in [0.15, 0.2) is 0 Å². The lowest BCUT2D eigenvalue weighted by Gasteiger charge is -2.33. The van der Waals surface area contributed by atoms with Gasteiger partial charge < -0.3 is 23.8 Å². The van der Waals surface area contributed by atoms with E-state index in [9.17, 15) is 9.59 Å². The molecule has 0 bridgehead atoms. The Hall–Kier alpha value is -3.03. The lowest BCUT2D eigenvalue weighted by atomic mass is 10.0. The molecule has 1 aliphatic rings. The zero-order valence-corrected chi connectivity index (χ0v) is 21.5. The normalized spacial score (nSPS) is 17.7. The number of amides is 2. The van der Waals surface area contributed by atoms with Gasteiger partial charge in [-0.05, 0) is 55.8 Å². The monoisotopic (exact) mass is 485 g/mol. The number of hydrogen-bond donors (Lipinski definition) is 0. The lowest BCUT2D eigenvalue weighted by Crippen LogP contribution is -2.45. The largest absolute Gasteiger partial charge is 0.491 e. The Labute approximate surface area is 208 Å². The predicted octanol–water partition coefficient (Wildman–Crippen LogP) is 4.58. The molecule has 2 amide bonds. The minimum Gasteiger partial charge on any atom is -0.491 e. The van der Waals surface area contributed by atoms with Gasteiger partial charge in [0.2, 0.25) is 5.91 Å². The Morgan fingerprint density at radius 2 is 1.97 bits per heavy atom. The fourth-order valence-electron chi connectivity index (χ4n) is 4.51. The zero-order chi connectivity index (χ0) is 25.2. The first kappa shape index (κ1) is 26.6. The Balaban J connectivity index is 1.81. The van der Waals surface area contributed by atoms with Crippen LogP contribution in [0.15, 0.2) is 34.9 Å². The first-order valence-electron chi connectivity index (χ1n) is 12.7. The van der Waals surface area contributed by atoms with Crippen molar-refractivity contribution in [3.63, 3.8) is 0 Å². The van der Waals surface area contributed by atoms with E-state index in [1.54, 1.807) is 6.07 Å². The number of aromatic nitrogens is 1. The molecule has 0 saturated heterocycles.